The molecule has 0 spiro atoms. The van der Waals surface area contributed by atoms with Crippen LogP contribution in [0.5, 0.6) is 0 Å². The predicted octanol–water partition coefficient (Wildman–Crippen LogP) is 1.97. The van der Waals surface area contributed by atoms with Crippen molar-refractivity contribution in [2.75, 3.05) is 24.3 Å². The first-order valence-electron chi connectivity index (χ1n) is 4.49. The number of pyridine rings is 1. The molecule has 1 rings (SSSR count). The number of rotatable bonds is 3. The van der Waals surface area contributed by atoms with Gasteiger partial charge in [0.05, 0.1) is 17.6 Å². The van der Waals surface area contributed by atoms with E-state index < -0.39 is 0 Å². The SMILES string of the molecule is CC(C)Nc1cnccc1N(C)C. The van der Waals surface area contributed by atoms with E-state index in [2.05, 4.69) is 29.0 Å². The van der Waals surface area contributed by atoms with Gasteiger partial charge in [0.25, 0.3) is 0 Å². The molecule has 0 amide bonds. The average molecular weight is 179 g/mol. The molecule has 3 nitrogen and oxygen atoms in total. The minimum Gasteiger partial charge on any atom is -0.380 e. The Bertz CT molecular complexity index is 269. The lowest BCUT2D eigenvalue weighted by Crippen LogP contribution is -2.16. The maximum Gasteiger partial charge on any atom is 0.0766 e. The summed E-state index contributed by atoms with van der Waals surface area (Å²) in [5.74, 6) is 0. The van der Waals surface area contributed by atoms with E-state index in [-0.39, 0.29) is 0 Å². The van der Waals surface area contributed by atoms with Crippen LogP contribution in [0, 0.1) is 0 Å². The van der Waals surface area contributed by atoms with Crippen LogP contribution in [0.1, 0.15) is 13.8 Å². The van der Waals surface area contributed by atoms with Gasteiger partial charge in [-0.1, -0.05) is 0 Å². The molecule has 1 aromatic heterocycles. The highest BCUT2D eigenvalue weighted by molar-refractivity contribution is 5.68. The molecule has 0 aliphatic rings. The Kier molecular flexibility index (Phi) is 3.12. The zero-order chi connectivity index (χ0) is 9.84. The van der Waals surface area contributed by atoms with Crippen molar-refractivity contribution in [3.05, 3.63) is 18.5 Å². The summed E-state index contributed by atoms with van der Waals surface area (Å²) in [7, 11) is 4.06. The standard InChI is InChI=1S/C10H17N3/c1-8(2)12-9-7-11-6-5-10(9)13(3)4/h5-8,12H,1-4H3. The van der Waals surface area contributed by atoms with Crippen molar-refractivity contribution in [2.24, 2.45) is 0 Å². The van der Waals surface area contributed by atoms with Crippen LogP contribution in [0.4, 0.5) is 11.4 Å². The lowest BCUT2D eigenvalue weighted by atomic mass is 10.3. The molecule has 13 heavy (non-hydrogen) atoms. The summed E-state index contributed by atoms with van der Waals surface area (Å²) < 4.78 is 0. The van der Waals surface area contributed by atoms with Crippen molar-refractivity contribution in [1.29, 1.82) is 0 Å². The fourth-order valence-electron chi connectivity index (χ4n) is 1.20. The van der Waals surface area contributed by atoms with Crippen LogP contribution >= 0.6 is 0 Å². The van der Waals surface area contributed by atoms with Crippen LogP contribution in [0.3, 0.4) is 0 Å². The third-order valence-corrected chi connectivity index (χ3v) is 1.72. The normalized spacial score (nSPS) is 10.2. The molecule has 1 aromatic rings. The molecule has 72 valence electrons. The van der Waals surface area contributed by atoms with Gasteiger partial charge in [-0.25, -0.2) is 0 Å². The van der Waals surface area contributed by atoms with Gasteiger partial charge in [0.1, 0.15) is 0 Å². The van der Waals surface area contributed by atoms with Crippen molar-refractivity contribution >= 4 is 11.4 Å². The third kappa shape index (κ3) is 2.61. The fraction of sp³-hybridized carbons (Fsp3) is 0.500. The minimum absolute atomic E-state index is 0.433. The van der Waals surface area contributed by atoms with Gasteiger partial charge in [-0.3, -0.25) is 4.98 Å². The number of aromatic nitrogens is 1. The lowest BCUT2D eigenvalue weighted by Gasteiger charge is -2.19. The first kappa shape index (κ1) is 9.84. The molecular weight excluding hydrogens is 162 g/mol. The Morgan fingerprint density at radius 1 is 1.38 bits per heavy atom. The fourth-order valence-corrected chi connectivity index (χ4v) is 1.20. The molecular formula is C10H17N3. The Morgan fingerprint density at radius 2 is 2.08 bits per heavy atom. The number of hydrogen-bond acceptors (Lipinski definition) is 3. The third-order valence-electron chi connectivity index (χ3n) is 1.72. The van der Waals surface area contributed by atoms with Gasteiger partial charge in [-0.05, 0) is 19.9 Å². The molecule has 0 aliphatic heterocycles. The van der Waals surface area contributed by atoms with E-state index in [0.717, 1.165) is 5.69 Å². The van der Waals surface area contributed by atoms with Crippen LogP contribution < -0.4 is 10.2 Å². The van der Waals surface area contributed by atoms with E-state index in [1.165, 1.54) is 5.69 Å². The first-order chi connectivity index (χ1) is 6.11. The van der Waals surface area contributed by atoms with Crippen molar-refractivity contribution in [3.8, 4) is 0 Å². The quantitative estimate of drug-likeness (QED) is 0.769. The molecule has 1 N–H and O–H groups in total. The molecule has 0 fully saturated rings. The second kappa shape index (κ2) is 4.12. The first-order valence-corrected chi connectivity index (χ1v) is 4.49. The summed E-state index contributed by atoms with van der Waals surface area (Å²) >= 11 is 0. The van der Waals surface area contributed by atoms with Gasteiger partial charge < -0.3 is 10.2 Å². The van der Waals surface area contributed by atoms with Gasteiger partial charge >= 0.3 is 0 Å². The van der Waals surface area contributed by atoms with E-state index in [1.807, 2.05) is 26.4 Å². The Hall–Kier alpha value is -1.25. The van der Waals surface area contributed by atoms with Crippen LogP contribution in [0.15, 0.2) is 18.5 Å². The molecule has 0 saturated heterocycles. The number of hydrogen-bond donors (Lipinski definition) is 1. The molecule has 0 aromatic carbocycles. The van der Waals surface area contributed by atoms with Crippen molar-refractivity contribution in [2.45, 2.75) is 19.9 Å². The monoisotopic (exact) mass is 179 g/mol. The summed E-state index contributed by atoms with van der Waals surface area (Å²) in [5.41, 5.74) is 2.26. The number of nitrogens with zero attached hydrogens (tertiary/aromatic N) is 2. The molecule has 0 saturated carbocycles. The molecule has 0 bridgehead atoms. The number of nitrogens with one attached hydrogen (secondary N) is 1. The maximum atomic E-state index is 4.09. The lowest BCUT2D eigenvalue weighted by molar-refractivity contribution is 0.895. The van der Waals surface area contributed by atoms with Crippen LogP contribution in [0.2, 0.25) is 0 Å². The van der Waals surface area contributed by atoms with E-state index in [0.29, 0.717) is 6.04 Å². The summed E-state index contributed by atoms with van der Waals surface area (Å²) in [6, 6.07) is 2.44. The van der Waals surface area contributed by atoms with Crippen molar-refractivity contribution in [3.63, 3.8) is 0 Å². The van der Waals surface area contributed by atoms with Crippen LogP contribution in [-0.4, -0.2) is 25.1 Å². The van der Waals surface area contributed by atoms with E-state index in [9.17, 15) is 0 Å². The highest BCUT2D eigenvalue weighted by atomic mass is 15.1. The highest BCUT2D eigenvalue weighted by Crippen LogP contribution is 2.22. The second-order valence-corrected chi connectivity index (χ2v) is 3.59. The smallest absolute Gasteiger partial charge is 0.0766 e. The summed E-state index contributed by atoms with van der Waals surface area (Å²) in [5, 5.41) is 3.35. The minimum atomic E-state index is 0.433. The summed E-state index contributed by atoms with van der Waals surface area (Å²) in [4.78, 5) is 6.17. The van der Waals surface area contributed by atoms with Gasteiger partial charge in [-0.2, -0.15) is 0 Å². The predicted molar refractivity (Wildman–Crippen MR) is 57.3 cm³/mol. The zero-order valence-corrected chi connectivity index (χ0v) is 8.70. The van der Waals surface area contributed by atoms with Gasteiger partial charge in [-0.15, -0.1) is 0 Å². The van der Waals surface area contributed by atoms with Gasteiger partial charge in [0.15, 0.2) is 0 Å². The van der Waals surface area contributed by atoms with E-state index in [1.54, 1.807) is 6.20 Å². The van der Waals surface area contributed by atoms with E-state index in [4.69, 9.17) is 0 Å². The zero-order valence-electron chi connectivity index (χ0n) is 8.70. The largest absolute Gasteiger partial charge is 0.380 e. The van der Waals surface area contributed by atoms with Gasteiger partial charge in [0, 0.05) is 26.3 Å². The van der Waals surface area contributed by atoms with E-state index >= 15 is 0 Å². The van der Waals surface area contributed by atoms with Crippen LogP contribution in [-0.2, 0) is 0 Å². The Morgan fingerprint density at radius 3 is 2.62 bits per heavy atom. The summed E-state index contributed by atoms with van der Waals surface area (Å²) in [6.07, 6.45) is 3.66. The van der Waals surface area contributed by atoms with Crippen molar-refractivity contribution < 1.29 is 0 Å². The van der Waals surface area contributed by atoms with Gasteiger partial charge in [0.2, 0.25) is 0 Å². The Balaban J connectivity index is 2.91. The molecule has 0 aliphatic carbocycles. The number of anilines is 2. The topological polar surface area (TPSA) is 28.2 Å². The second-order valence-electron chi connectivity index (χ2n) is 3.59. The average Bonchev–Trinajstić information content (AvgIpc) is 2.03. The van der Waals surface area contributed by atoms with Crippen LogP contribution in [0.25, 0.3) is 0 Å². The molecule has 0 unspecified atom stereocenters. The highest BCUT2D eigenvalue weighted by Gasteiger charge is 2.04. The molecule has 0 radical (unpaired) electrons. The molecule has 0 atom stereocenters. The maximum absolute atomic E-state index is 4.09. The molecule has 3 heteroatoms. The summed E-state index contributed by atoms with van der Waals surface area (Å²) in [6.45, 7) is 4.24. The Labute approximate surface area is 79.8 Å². The van der Waals surface area contributed by atoms with Crippen molar-refractivity contribution in [1.82, 2.24) is 4.98 Å². The molecule has 1 heterocycles.